The van der Waals surface area contributed by atoms with Gasteiger partial charge >= 0.3 is 0 Å². The zero-order valence-electron chi connectivity index (χ0n) is 11.6. The zero-order chi connectivity index (χ0) is 13.7. The van der Waals surface area contributed by atoms with Gasteiger partial charge < -0.3 is 10.1 Å². The van der Waals surface area contributed by atoms with Crippen molar-refractivity contribution in [3.05, 3.63) is 36.7 Å². The van der Waals surface area contributed by atoms with Gasteiger partial charge in [-0.15, -0.1) is 0 Å². The Hall–Kier alpha value is -2.10. The molecule has 1 aromatic carbocycles. The van der Waals surface area contributed by atoms with Gasteiger partial charge in [-0.2, -0.15) is 0 Å². The monoisotopic (exact) mass is 257 g/mol. The summed E-state index contributed by atoms with van der Waals surface area (Å²) in [7, 11) is 0. The van der Waals surface area contributed by atoms with Crippen LogP contribution in [0, 0.1) is 0 Å². The lowest BCUT2D eigenvalue weighted by atomic mass is 10.1. The molecule has 4 nitrogen and oxygen atoms in total. The number of rotatable bonds is 5. The second-order valence-corrected chi connectivity index (χ2v) is 4.55. The molecule has 0 saturated heterocycles. The Morgan fingerprint density at radius 2 is 1.68 bits per heavy atom. The highest BCUT2D eigenvalue weighted by molar-refractivity contribution is 5.62. The van der Waals surface area contributed by atoms with Gasteiger partial charge in [0.2, 0.25) is 5.95 Å². The number of nitrogens with zero attached hydrogens (tertiary/aromatic N) is 2. The highest BCUT2D eigenvalue weighted by Crippen LogP contribution is 2.21. The first kappa shape index (κ1) is 13.3. The van der Waals surface area contributed by atoms with Crippen molar-refractivity contribution in [2.24, 2.45) is 0 Å². The summed E-state index contributed by atoms with van der Waals surface area (Å²) >= 11 is 0. The standard InChI is InChI=1S/C15H19N3O/c1-4-19-14-7-5-12(6-8-14)13-9-16-15(17-10-13)18-11(2)3/h5-11H,4H2,1-3H3,(H,16,17,18). The number of aromatic nitrogens is 2. The minimum absolute atomic E-state index is 0.330. The molecule has 2 aromatic rings. The van der Waals surface area contributed by atoms with Gasteiger partial charge in [0.15, 0.2) is 0 Å². The summed E-state index contributed by atoms with van der Waals surface area (Å²) in [6, 6.07) is 8.27. The van der Waals surface area contributed by atoms with Gasteiger partial charge in [0.25, 0.3) is 0 Å². The molecule has 1 N–H and O–H groups in total. The Bertz CT molecular complexity index is 506. The summed E-state index contributed by atoms with van der Waals surface area (Å²) in [4.78, 5) is 8.60. The van der Waals surface area contributed by atoms with Crippen LogP contribution in [0.3, 0.4) is 0 Å². The molecular weight excluding hydrogens is 238 g/mol. The summed E-state index contributed by atoms with van der Waals surface area (Å²) in [5.41, 5.74) is 2.08. The molecular formula is C15H19N3O. The topological polar surface area (TPSA) is 47.0 Å². The molecule has 1 aromatic heterocycles. The van der Waals surface area contributed by atoms with E-state index >= 15 is 0 Å². The van der Waals surface area contributed by atoms with Gasteiger partial charge in [0, 0.05) is 24.0 Å². The lowest BCUT2D eigenvalue weighted by Crippen LogP contribution is -2.12. The van der Waals surface area contributed by atoms with E-state index in [9.17, 15) is 0 Å². The Kier molecular flexibility index (Phi) is 4.34. The minimum Gasteiger partial charge on any atom is -0.494 e. The van der Waals surface area contributed by atoms with Crippen LogP contribution >= 0.6 is 0 Å². The van der Waals surface area contributed by atoms with Crippen LogP contribution in [0.2, 0.25) is 0 Å². The molecule has 0 aliphatic heterocycles. The van der Waals surface area contributed by atoms with Crippen LogP contribution in [0.1, 0.15) is 20.8 Å². The first-order chi connectivity index (χ1) is 9.19. The molecule has 100 valence electrons. The molecule has 0 unspecified atom stereocenters. The first-order valence-electron chi connectivity index (χ1n) is 6.51. The second-order valence-electron chi connectivity index (χ2n) is 4.55. The third kappa shape index (κ3) is 3.68. The molecule has 0 fully saturated rings. The van der Waals surface area contributed by atoms with E-state index in [2.05, 4.69) is 29.1 Å². The first-order valence-corrected chi connectivity index (χ1v) is 6.51. The Morgan fingerprint density at radius 1 is 1.05 bits per heavy atom. The van der Waals surface area contributed by atoms with Crippen LogP contribution in [-0.4, -0.2) is 22.6 Å². The van der Waals surface area contributed by atoms with Crippen molar-refractivity contribution in [1.29, 1.82) is 0 Å². The number of benzene rings is 1. The van der Waals surface area contributed by atoms with E-state index < -0.39 is 0 Å². The molecule has 0 bridgehead atoms. The molecule has 19 heavy (non-hydrogen) atoms. The predicted octanol–water partition coefficient (Wildman–Crippen LogP) is 3.36. The maximum atomic E-state index is 5.42. The van der Waals surface area contributed by atoms with Crippen molar-refractivity contribution < 1.29 is 4.74 Å². The van der Waals surface area contributed by atoms with Gasteiger partial charge in [0.05, 0.1) is 6.61 Å². The van der Waals surface area contributed by atoms with Crippen LogP contribution < -0.4 is 10.1 Å². The fourth-order valence-electron chi connectivity index (χ4n) is 1.72. The molecule has 0 spiro atoms. The number of hydrogen-bond acceptors (Lipinski definition) is 4. The molecule has 1 heterocycles. The summed E-state index contributed by atoms with van der Waals surface area (Å²) in [6.07, 6.45) is 3.65. The SMILES string of the molecule is CCOc1ccc(-c2cnc(NC(C)C)nc2)cc1. The number of ether oxygens (including phenoxy) is 1. The van der Waals surface area contributed by atoms with E-state index in [1.54, 1.807) is 0 Å². The summed E-state index contributed by atoms with van der Waals surface area (Å²) < 4.78 is 5.42. The Morgan fingerprint density at radius 3 is 2.21 bits per heavy atom. The van der Waals surface area contributed by atoms with E-state index in [1.807, 2.05) is 43.6 Å². The summed E-state index contributed by atoms with van der Waals surface area (Å²) in [5.74, 6) is 1.54. The lowest BCUT2D eigenvalue weighted by molar-refractivity contribution is 0.340. The molecule has 0 aliphatic rings. The molecule has 0 saturated carbocycles. The van der Waals surface area contributed by atoms with Crippen LogP contribution in [0.4, 0.5) is 5.95 Å². The highest BCUT2D eigenvalue weighted by Gasteiger charge is 2.02. The third-order valence-electron chi connectivity index (χ3n) is 2.57. The molecule has 2 rings (SSSR count). The summed E-state index contributed by atoms with van der Waals surface area (Å²) in [5, 5.41) is 3.17. The van der Waals surface area contributed by atoms with E-state index in [1.165, 1.54) is 0 Å². The van der Waals surface area contributed by atoms with E-state index in [0.29, 0.717) is 18.6 Å². The molecule has 0 atom stereocenters. The van der Waals surface area contributed by atoms with Gasteiger partial charge in [-0.1, -0.05) is 12.1 Å². The van der Waals surface area contributed by atoms with Crippen molar-refractivity contribution in [1.82, 2.24) is 9.97 Å². The van der Waals surface area contributed by atoms with Gasteiger partial charge in [0.1, 0.15) is 5.75 Å². The predicted molar refractivity (Wildman–Crippen MR) is 77.4 cm³/mol. The van der Waals surface area contributed by atoms with Crippen LogP contribution in [0.25, 0.3) is 11.1 Å². The maximum absolute atomic E-state index is 5.42. The van der Waals surface area contributed by atoms with Gasteiger partial charge in [-0.25, -0.2) is 9.97 Å². The van der Waals surface area contributed by atoms with Crippen LogP contribution in [0.15, 0.2) is 36.7 Å². The second kappa shape index (κ2) is 6.18. The van der Waals surface area contributed by atoms with E-state index in [-0.39, 0.29) is 0 Å². The number of anilines is 1. The average molecular weight is 257 g/mol. The zero-order valence-corrected chi connectivity index (χ0v) is 11.6. The van der Waals surface area contributed by atoms with E-state index in [4.69, 9.17) is 4.74 Å². The van der Waals surface area contributed by atoms with Crippen molar-refractivity contribution in [2.75, 3.05) is 11.9 Å². The lowest BCUT2D eigenvalue weighted by Gasteiger charge is -2.08. The highest BCUT2D eigenvalue weighted by atomic mass is 16.5. The quantitative estimate of drug-likeness (QED) is 0.892. The van der Waals surface area contributed by atoms with Crippen molar-refractivity contribution in [2.45, 2.75) is 26.8 Å². The fraction of sp³-hybridized carbons (Fsp3) is 0.333. The van der Waals surface area contributed by atoms with Crippen LogP contribution in [0.5, 0.6) is 5.75 Å². The minimum atomic E-state index is 0.330. The average Bonchev–Trinajstić information content (AvgIpc) is 2.40. The van der Waals surface area contributed by atoms with Crippen LogP contribution in [-0.2, 0) is 0 Å². The Labute approximate surface area is 113 Å². The number of nitrogens with one attached hydrogen (secondary N) is 1. The van der Waals surface area contributed by atoms with Gasteiger partial charge in [-0.05, 0) is 38.5 Å². The van der Waals surface area contributed by atoms with Crippen molar-refractivity contribution >= 4 is 5.95 Å². The van der Waals surface area contributed by atoms with Crippen molar-refractivity contribution in [3.8, 4) is 16.9 Å². The molecule has 0 aliphatic carbocycles. The maximum Gasteiger partial charge on any atom is 0.222 e. The largest absolute Gasteiger partial charge is 0.494 e. The molecule has 0 amide bonds. The fourth-order valence-corrected chi connectivity index (χ4v) is 1.72. The molecule has 0 radical (unpaired) electrons. The third-order valence-corrected chi connectivity index (χ3v) is 2.57. The normalized spacial score (nSPS) is 10.5. The smallest absolute Gasteiger partial charge is 0.222 e. The molecule has 4 heteroatoms. The Balaban J connectivity index is 2.13. The van der Waals surface area contributed by atoms with Gasteiger partial charge in [-0.3, -0.25) is 0 Å². The van der Waals surface area contributed by atoms with Crippen molar-refractivity contribution in [3.63, 3.8) is 0 Å². The van der Waals surface area contributed by atoms with E-state index in [0.717, 1.165) is 16.9 Å². The number of hydrogen-bond donors (Lipinski definition) is 1. The summed E-state index contributed by atoms with van der Waals surface area (Å²) in [6.45, 7) is 6.77.